The second kappa shape index (κ2) is 11.6. The summed E-state index contributed by atoms with van der Waals surface area (Å²) in [6.45, 7) is 10.1. The minimum Gasteiger partial charge on any atom is -0.463 e. The van der Waals surface area contributed by atoms with E-state index in [1.165, 1.54) is 6.08 Å². The van der Waals surface area contributed by atoms with Gasteiger partial charge in [-0.2, -0.15) is 9.97 Å². The van der Waals surface area contributed by atoms with E-state index in [9.17, 15) is 9.90 Å². The van der Waals surface area contributed by atoms with E-state index >= 15 is 0 Å². The summed E-state index contributed by atoms with van der Waals surface area (Å²) < 4.78 is 11.7. The minimum atomic E-state index is -0.984. The lowest BCUT2D eigenvalue weighted by Crippen LogP contribution is -2.49. The van der Waals surface area contributed by atoms with Crippen LogP contribution < -0.4 is 14.5 Å². The average Bonchev–Trinajstić information content (AvgIpc) is 3.58. The van der Waals surface area contributed by atoms with Gasteiger partial charge in [-0.3, -0.25) is 9.69 Å². The van der Waals surface area contributed by atoms with Gasteiger partial charge in [-0.15, -0.1) is 0 Å². The molecule has 11 heteroatoms. The van der Waals surface area contributed by atoms with E-state index in [2.05, 4.69) is 45.5 Å². The first-order valence-corrected chi connectivity index (χ1v) is 15.5. The molecule has 0 radical (unpaired) electrons. The number of aromatic nitrogens is 2. The Bertz CT molecular complexity index is 1540. The summed E-state index contributed by atoms with van der Waals surface area (Å²) in [5.41, 5.74) is 3.19. The molecule has 2 atom stereocenters. The van der Waals surface area contributed by atoms with Crippen LogP contribution in [0.2, 0.25) is 5.02 Å². The predicted octanol–water partition coefficient (Wildman–Crippen LogP) is 3.24. The first-order valence-electron chi connectivity index (χ1n) is 15.1. The highest BCUT2D eigenvalue weighted by Gasteiger charge is 2.49. The van der Waals surface area contributed by atoms with Crippen molar-refractivity contribution < 1.29 is 19.4 Å². The summed E-state index contributed by atoms with van der Waals surface area (Å²) in [7, 11) is 0. The van der Waals surface area contributed by atoms with Gasteiger partial charge in [-0.1, -0.05) is 42.4 Å². The Kier molecular flexibility index (Phi) is 7.63. The number of aliphatic hydroxyl groups is 1. The van der Waals surface area contributed by atoms with Crippen LogP contribution >= 0.6 is 11.6 Å². The monoisotopic (exact) mass is 604 g/mol. The van der Waals surface area contributed by atoms with E-state index in [0.29, 0.717) is 64.9 Å². The standard InChI is InChI=1S/C32H37ClN6O4/c1-2-28(40)36-13-15-37(16-14-36)30-24-10-12-38(27-9-4-7-22-6-3-8-25(33)29(22)27)19-26(24)34-31(35-30)42-17-5-11-39-21-32(41)18-23(39)20-43-32/h2-4,6-9,23,41H,1,5,10-21H2/t23-,32-/m0/s1. The number of piperazine rings is 1. The molecule has 1 aromatic heterocycles. The van der Waals surface area contributed by atoms with Gasteiger partial charge in [0.05, 0.1) is 37.0 Å². The Morgan fingerprint density at radius 2 is 1.95 bits per heavy atom. The van der Waals surface area contributed by atoms with Crippen molar-refractivity contribution in [1.29, 1.82) is 0 Å². The number of anilines is 2. The van der Waals surface area contributed by atoms with Crippen LogP contribution in [0.4, 0.5) is 11.5 Å². The van der Waals surface area contributed by atoms with Crippen LogP contribution in [-0.2, 0) is 22.5 Å². The zero-order valence-corrected chi connectivity index (χ0v) is 25.0. The molecule has 2 bridgehead atoms. The van der Waals surface area contributed by atoms with Crippen molar-refractivity contribution >= 4 is 39.8 Å². The summed E-state index contributed by atoms with van der Waals surface area (Å²) >= 11 is 6.69. The van der Waals surface area contributed by atoms with E-state index in [1.807, 2.05) is 17.0 Å². The highest BCUT2D eigenvalue weighted by Crippen LogP contribution is 2.37. The molecular formula is C32H37ClN6O4. The molecule has 3 saturated heterocycles. The second-order valence-corrected chi connectivity index (χ2v) is 12.3. The van der Waals surface area contributed by atoms with Crippen LogP contribution in [0.1, 0.15) is 24.1 Å². The van der Waals surface area contributed by atoms with Crippen LogP contribution in [0.3, 0.4) is 0 Å². The molecule has 4 aliphatic rings. The average molecular weight is 605 g/mol. The molecule has 3 fully saturated rings. The molecule has 226 valence electrons. The number of β-amino-alcohol motifs (C(OH)–C–C–N with tert-alkyl or cyclic N) is 1. The summed E-state index contributed by atoms with van der Waals surface area (Å²) in [5, 5.41) is 13.3. The van der Waals surface area contributed by atoms with E-state index in [0.717, 1.165) is 64.5 Å². The van der Waals surface area contributed by atoms with E-state index < -0.39 is 5.79 Å². The fourth-order valence-corrected chi connectivity index (χ4v) is 7.23. The third-order valence-corrected chi connectivity index (χ3v) is 9.46. The number of rotatable bonds is 8. The largest absolute Gasteiger partial charge is 0.463 e. The number of hydrogen-bond acceptors (Lipinski definition) is 9. The summed E-state index contributed by atoms with van der Waals surface area (Å²) in [6, 6.07) is 13.0. The topological polar surface area (TPSA) is 94.5 Å². The number of amides is 1. The fraction of sp³-hybridized carbons (Fsp3) is 0.469. The maximum atomic E-state index is 12.2. The summed E-state index contributed by atoms with van der Waals surface area (Å²) in [5.74, 6) is -0.122. The minimum absolute atomic E-state index is 0.0392. The molecule has 0 spiro atoms. The van der Waals surface area contributed by atoms with Crippen LogP contribution in [0.5, 0.6) is 6.01 Å². The van der Waals surface area contributed by atoms with E-state index in [4.69, 9.17) is 31.0 Å². The first kappa shape index (κ1) is 28.3. The summed E-state index contributed by atoms with van der Waals surface area (Å²) in [6.07, 6.45) is 3.64. The van der Waals surface area contributed by atoms with Gasteiger partial charge in [-0.05, 0) is 36.4 Å². The van der Waals surface area contributed by atoms with Gasteiger partial charge in [0.1, 0.15) is 5.82 Å². The number of fused-ring (bicyclic) bond motifs is 4. The van der Waals surface area contributed by atoms with Crippen molar-refractivity contribution in [3.05, 3.63) is 65.3 Å². The zero-order valence-electron chi connectivity index (χ0n) is 24.3. The molecule has 1 N–H and O–H groups in total. The number of benzene rings is 2. The van der Waals surface area contributed by atoms with Gasteiger partial charge >= 0.3 is 6.01 Å². The summed E-state index contributed by atoms with van der Waals surface area (Å²) in [4.78, 5) is 30.8. The molecule has 4 aliphatic heterocycles. The Hall–Kier alpha value is -3.44. The number of ether oxygens (including phenoxy) is 2. The van der Waals surface area contributed by atoms with Crippen molar-refractivity contribution in [2.75, 3.05) is 68.8 Å². The number of nitrogens with zero attached hydrogens (tertiary/aromatic N) is 6. The molecule has 0 unspecified atom stereocenters. The van der Waals surface area contributed by atoms with Crippen molar-refractivity contribution in [3.8, 4) is 6.01 Å². The molecule has 3 aromatic rings. The lowest BCUT2D eigenvalue weighted by Gasteiger charge is -2.38. The van der Waals surface area contributed by atoms with Crippen molar-refractivity contribution in [2.24, 2.45) is 0 Å². The quantitative estimate of drug-likeness (QED) is 0.307. The number of morpholine rings is 1. The molecule has 7 rings (SSSR count). The molecule has 5 heterocycles. The third kappa shape index (κ3) is 5.53. The first-order chi connectivity index (χ1) is 20.9. The van der Waals surface area contributed by atoms with Gasteiger partial charge < -0.3 is 29.3 Å². The number of carbonyl (C=O) groups is 1. The normalized spacial score (nSPS) is 23.6. The lowest BCUT2D eigenvalue weighted by atomic mass is 10.0. The van der Waals surface area contributed by atoms with E-state index in [1.54, 1.807) is 0 Å². The van der Waals surface area contributed by atoms with Crippen molar-refractivity contribution in [3.63, 3.8) is 0 Å². The number of halogens is 1. The zero-order chi connectivity index (χ0) is 29.6. The maximum absolute atomic E-state index is 12.2. The number of carbonyl (C=O) groups excluding carboxylic acids is 1. The Morgan fingerprint density at radius 3 is 2.70 bits per heavy atom. The number of likely N-dealkylation sites (tertiary alicyclic amines) is 1. The Balaban J connectivity index is 1.12. The molecule has 43 heavy (non-hydrogen) atoms. The van der Waals surface area contributed by atoms with Crippen LogP contribution in [0, 0.1) is 0 Å². The molecular weight excluding hydrogens is 568 g/mol. The SMILES string of the molecule is C=CC(=O)N1CCN(c2nc(OCCCN3C[C@]4(O)C[C@H]3CO4)nc3c2CCN(c2cccc4cccc(Cl)c24)C3)CC1. The van der Waals surface area contributed by atoms with Gasteiger partial charge in [0.15, 0.2) is 5.79 Å². The number of hydrogen-bond donors (Lipinski definition) is 1. The van der Waals surface area contributed by atoms with Crippen molar-refractivity contribution in [1.82, 2.24) is 19.8 Å². The van der Waals surface area contributed by atoms with Crippen LogP contribution in [-0.4, -0.2) is 102 Å². The Morgan fingerprint density at radius 1 is 1.14 bits per heavy atom. The predicted molar refractivity (Wildman–Crippen MR) is 166 cm³/mol. The molecule has 10 nitrogen and oxygen atoms in total. The maximum Gasteiger partial charge on any atom is 0.318 e. The third-order valence-electron chi connectivity index (χ3n) is 9.15. The van der Waals surface area contributed by atoms with Gasteiger partial charge in [0.25, 0.3) is 0 Å². The highest BCUT2D eigenvalue weighted by molar-refractivity contribution is 6.36. The molecule has 1 amide bonds. The smallest absolute Gasteiger partial charge is 0.318 e. The molecule has 0 aliphatic carbocycles. The van der Waals surface area contributed by atoms with Gasteiger partial charge in [-0.25, -0.2) is 0 Å². The van der Waals surface area contributed by atoms with Gasteiger partial charge in [0.2, 0.25) is 5.91 Å². The fourth-order valence-electron chi connectivity index (χ4n) is 6.95. The van der Waals surface area contributed by atoms with Crippen molar-refractivity contribution in [2.45, 2.75) is 37.6 Å². The molecule has 2 aromatic carbocycles. The van der Waals surface area contributed by atoms with Gasteiger partial charge in [0, 0.05) is 68.4 Å². The van der Waals surface area contributed by atoms with Crippen LogP contribution in [0.15, 0.2) is 49.1 Å². The Labute approximate surface area is 256 Å². The highest BCUT2D eigenvalue weighted by atomic mass is 35.5. The second-order valence-electron chi connectivity index (χ2n) is 11.8. The molecule has 0 saturated carbocycles. The van der Waals surface area contributed by atoms with Crippen LogP contribution in [0.25, 0.3) is 10.8 Å². The lowest BCUT2D eigenvalue weighted by molar-refractivity contribution is -0.185. The van der Waals surface area contributed by atoms with E-state index in [-0.39, 0.29) is 11.9 Å².